The fourth-order valence-electron chi connectivity index (χ4n) is 2.31. The van der Waals surface area contributed by atoms with Crippen LogP contribution in [0.15, 0.2) is 18.3 Å². The Balaban J connectivity index is 1.93. The van der Waals surface area contributed by atoms with Crippen molar-refractivity contribution in [1.29, 1.82) is 0 Å². The molecule has 114 valence electrons. The first-order chi connectivity index (χ1) is 10.1. The van der Waals surface area contributed by atoms with E-state index < -0.39 is 5.97 Å². The van der Waals surface area contributed by atoms with Gasteiger partial charge in [0.1, 0.15) is 11.9 Å². The fourth-order valence-corrected chi connectivity index (χ4v) is 2.31. The van der Waals surface area contributed by atoms with Gasteiger partial charge in [0.15, 0.2) is 0 Å². The van der Waals surface area contributed by atoms with Gasteiger partial charge in [-0.25, -0.2) is 9.78 Å². The van der Waals surface area contributed by atoms with Crippen molar-refractivity contribution in [1.82, 2.24) is 9.88 Å². The number of amides is 1. The number of esters is 1. The lowest BCUT2D eigenvalue weighted by Gasteiger charge is -2.21. The molecule has 0 saturated carbocycles. The van der Waals surface area contributed by atoms with Gasteiger partial charge in [-0.3, -0.25) is 4.79 Å². The highest BCUT2D eigenvalue weighted by Gasteiger charge is 2.23. The Kier molecular flexibility index (Phi) is 5.14. The van der Waals surface area contributed by atoms with Crippen LogP contribution in [0, 0.1) is 0 Å². The molecule has 6 nitrogen and oxygen atoms in total. The summed E-state index contributed by atoms with van der Waals surface area (Å²) >= 11 is 0. The summed E-state index contributed by atoms with van der Waals surface area (Å²) in [5.74, 6) is 0.268. The van der Waals surface area contributed by atoms with Crippen LogP contribution in [0.5, 0.6) is 0 Å². The molecule has 1 unspecified atom stereocenters. The summed E-state index contributed by atoms with van der Waals surface area (Å²) in [6.45, 7) is 5.58. The van der Waals surface area contributed by atoms with Crippen molar-refractivity contribution in [3.8, 4) is 0 Å². The topological polar surface area (TPSA) is 71.5 Å². The zero-order valence-corrected chi connectivity index (χ0v) is 12.5. The van der Waals surface area contributed by atoms with E-state index in [1.807, 2.05) is 11.8 Å². The molecule has 1 aliphatic heterocycles. The number of pyridine rings is 1. The minimum absolute atomic E-state index is 0.0868. The number of hydrogen-bond acceptors (Lipinski definition) is 5. The van der Waals surface area contributed by atoms with E-state index in [-0.39, 0.29) is 11.9 Å². The smallest absolute Gasteiger partial charge is 0.339 e. The van der Waals surface area contributed by atoms with Gasteiger partial charge in [-0.2, -0.15) is 0 Å². The molecule has 0 bridgehead atoms. The highest BCUT2D eigenvalue weighted by Crippen LogP contribution is 2.12. The van der Waals surface area contributed by atoms with E-state index in [2.05, 4.69) is 10.3 Å². The van der Waals surface area contributed by atoms with Crippen LogP contribution in [0.4, 0.5) is 5.82 Å². The van der Waals surface area contributed by atoms with Gasteiger partial charge in [-0.05, 0) is 38.8 Å². The Hall–Kier alpha value is -2.11. The maximum Gasteiger partial charge on any atom is 0.339 e. The average molecular weight is 291 g/mol. The first-order valence-corrected chi connectivity index (χ1v) is 7.30. The average Bonchev–Trinajstić information content (AvgIpc) is 3.01. The van der Waals surface area contributed by atoms with Crippen molar-refractivity contribution in [3.05, 3.63) is 23.9 Å². The molecule has 0 aromatic carbocycles. The lowest BCUT2D eigenvalue weighted by atomic mass is 10.2. The number of nitrogens with zero attached hydrogens (tertiary/aromatic N) is 2. The van der Waals surface area contributed by atoms with Crippen molar-refractivity contribution < 1.29 is 14.3 Å². The Morgan fingerprint density at radius 1 is 1.38 bits per heavy atom. The van der Waals surface area contributed by atoms with Gasteiger partial charge in [0, 0.05) is 19.3 Å². The van der Waals surface area contributed by atoms with E-state index in [0.717, 1.165) is 25.9 Å². The van der Waals surface area contributed by atoms with Gasteiger partial charge in [-0.15, -0.1) is 0 Å². The molecule has 1 aromatic heterocycles. The first kappa shape index (κ1) is 15.3. The minimum Gasteiger partial charge on any atom is -0.462 e. The summed E-state index contributed by atoms with van der Waals surface area (Å²) in [5.41, 5.74) is 0.404. The number of ether oxygens (including phenoxy) is 1. The molecule has 0 aliphatic carbocycles. The molecule has 6 heteroatoms. The predicted molar refractivity (Wildman–Crippen MR) is 79.1 cm³/mol. The van der Waals surface area contributed by atoms with Gasteiger partial charge in [0.05, 0.1) is 12.2 Å². The number of carbonyl (C=O) groups excluding carboxylic acids is 2. The van der Waals surface area contributed by atoms with Crippen LogP contribution in [-0.2, 0) is 9.53 Å². The van der Waals surface area contributed by atoms with Gasteiger partial charge in [0.2, 0.25) is 5.91 Å². The number of aromatic nitrogens is 1. The van der Waals surface area contributed by atoms with E-state index in [4.69, 9.17) is 4.74 Å². The van der Waals surface area contributed by atoms with Gasteiger partial charge in [0.25, 0.3) is 0 Å². The monoisotopic (exact) mass is 291 g/mol. The molecule has 0 radical (unpaired) electrons. The second kappa shape index (κ2) is 7.06. The second-order valence-corrected chi connectivity index (χ2v) is 5.05. The number of carbonyl (C=O) groups is 2. The van der Waals surface area contributed by atoms with Crippen molar-refractivity contribution in [3.63, 3.8) is 0 Å². The van der Waals surface area contributed by atoms with Gasteiger partial charge < -0.3 is 15.0 Å². The Bertz CT molecular complexity index is 495. The third-order valence-corrected chi connectivity index (χ3v) is 3.43. The third kappa shape index (κ3) is 3.93. The van der Waals surface area contributed by atoms with Gasteiger partial charge in [-0.1, -0.05) is 0 Å². The molecule has 21 heavy (non-hydrogen) atoms. The SMILES string of the molecule is CCOC(=O)c1ccc(NC(C)C(=O)N2CCCC2)nc1. The summed E-state index contributed by atoms with van der Waals surface area (Å²) in [7, 11) is 0. The summed E-state index contributed by atoms with van der Waals surface area (Å²) in [6, 6.07) is 2.99. The molecular formula is C15H21N3O3. The Labute approximate surface area is 124 Å². The van der Waals surface area contributed by atoms with Crippen LogP contribution in [-0.4, -0.2) is 47.5 Å². The van der Waals surface area contributed by atoms with Crippen LogP contribution >= 0.6 is 0 Å². The van der Waals surface area contributed by atoms with Crippen molar-refractivity contribution >= 4 is 17.7 Å². The molecule has 1 fully saturated rings. The number of hydrogen-bond donors (Lipinski definition) is 1. The molecule has 1 amide bonds. The van der Waals surface area contributed by atoms with Crippen LogP contribution in [0.3, 0.4) is 0 Å². The molecule has 1 N–H and O–H groups in total. The Morgan fingerprint density at radius 2 is 2.10 bits per heavy atom. The standard InChI is InChI=1S/C15H21N3O3/c1-3-21-15(20)12-6-7-13(16-10-12)17-11(2)14(19)18-8-4-5-9-18/h6-7,10-11H,3-5,8-9H2,1-2H3,(H,16,17). The van der Waals surface area contributed by atoms with Crippen molar-refractivity contribution in [2.75, 3.05) is 25.0 Å². The van der Waals surface area contributed by atoms with Crippen LogP contribution in [0.25, 0.3) is 0 Å². The van der Waals surface area contributed by atoms with Crippen molar-refractivity contribution in [2.24, 2.45) is 0 Å². The van der Waals surface area contributed by atoms with E-state index in [9.17, 15) is 9.59 Å². The lowest BCUT2D eigenvalue weighted by molar-refractivity contribution is -0.130. The van der Waals surface area contributed by atoms with Crippen molar-refractivity contribution in [2.45, 2.75) is 32.7 Å². The zero-order chi connectivity index (χ0) is 15.2. The summed E-state index contributed by atoms with van der Waals surface area (Å²) < 4.78 is 4.89. The normalized spacial score (nSPS) is 15.6. The first-order valence-electron chi connectivity index (χ1n) is 7.30. The van der Waals surface area contributed by atoms with E-state index >= 15 is 0 Å². The van der Waals surface area contributed by atoms with Crippen LogP contribution in [0.2, 0.25) is 0 Å². The predicted octanol–water partition coefficient (Wildman–Crippen LogP) is 1.68. The number of rotatable bonds is 5. The molecule has 1 aromatic rings. The second-order valence-electron chi connectivity index (χ2n) is 5.05. The van der Waals surface area contributed by atoms with E-state index in [1.54, 1.807) is 19.1 Å². The van der Waals surface area contributed by atoms with E-state index in [0.29, 0.717) is 18.0 Å². The van der Waals surface area contributed by atoms with Gasteiger partial charge >= 0.3 is 5.97 Å². The zero-order valence-electron chi connectivity index (χ0n) is 12.5. The number of nitrogens with one attached hydrogen (secondary N) is 1. The number of likely N-dealkylation sites (tertiary alicyclic amines) is 1. The molecule has 1 atom stereocenters. The Morgan fingerprint density at radius 3 is 2.67 bits per heavy atom. The molecule has 1 saturated heterocycles. The maximum absolute atomic E-state index is 12.2. The van der Waals surface area contributed by atoms with Crippen LogP contribution in [0.1, 0.15) is 37.0 Å². The summed E-state index contributed by atoms with van der Waals surface area (Å²) in [5, 5.41) is 3.06. The van der Waals surface area contributed by atoms with Crippen LogP contribution < -0.4 is 5.32 Å². The molecular weight excluding hydrogens is 270 g/mol. The molecule has 1 aliphatic rings. The van der Waals surface area contributed by atoms with E-state index in [1.165, 1.54) is 6.20 Å². The molecule has 0 spiro atoms. The third-order valence-electron chi connectivity index (χ3n) is 3.43. The maximum atomic E-state index is 12.2. The molecule has 2 heterocycles. The molecule has 2 rings (SSSR count). The quantitative estimate of drug-likeness (QED) is 0.836. The fraction of sp³-hybridized carbons (Fsp3) is 0.533. The lowest BCUT2D eigenvalue weighted by Crippen LogP contribution is -2.39. The summed E-state index contributed by atoms with van der Waals surface area (Å²) in [6.07, 6.45) is 3.60. The summed E-state index contributed by atoms with van der Waals surface area (Å²) in [4.78, 5) is 29.7. The largest absolute Gasteiger partial charge is 0.462 e. The number of anilines is 1. The minimum atomic E-state index is -0.391. The highest BCUT2D eigenvalue weighted by atomic mass is 16.5. The highest BCUT2D eigenvalue weighted by molar-refractivity contribution is 5.89.